The van der Waals surface area contributed by atoms with Gasteiger partial charge in [-0.25, -0.2) is 0 Å². The Balaban J connectivity index is 0. The van der Waals surface area contributed by atoms with Gasteiger partial charge in [0.15, 0.2) is 0 Å². The first-order valence-electron chi connectivity index (χ1n) is 7.79. The second-order valence-corrected chi connectivity index (χ2v) is 7.98. The molecule has 0 saturated heterocycles. The maximum absolute atomic E-state index is 5.40. The number of rotatable bonds is 12. The van der Waals surface area contributed by atoms with Gasteiger partial charge in [0, 0.05) is 46.2 Å². The van der Waals surface area contributed by atoms with E-state index in [1.165, 1.54) is 0 Å². The summed E-state index contributed by atoms with van der Waals surface area (Å²) in [5.74, 6) is 0. The summed E-state index contributed by atoms with van der Waals surface area (Å²) < 4.78 is 31.9. The lowest BCUT2D eigenvalue weighted by atomic mass is 10.9. The third-order valence-electron chi connectivity index (χ3n) is 2.13. The Kier molecular flexibility index (Phi) is 18.5. The van der Waals surface area contributed by atoms with Crippen molar-refractivity contribution in [1.82, 2.24) is 0 Å². The van der Waals surface area contributed by atoms with E-state index in [2.05, 4.69) is 0 Å². The Morgan fingerprint density at radius 2 is 0.857 bits per heavy atom. The van der Waals surface area contributed by atoms with Crippen LogP contribution in [0.4, 0.5) is 0 Å². The van der Waals surface area contributed by atoms with Crippen LogP contribution in [0, 0.1) is 0 Å². The van der Waals surface area contributed by atoms with Gasteiger partial charge >= 0.3 is 18.3 Å². The molecule has 0 aliphatic rings. The maximum Gasteiger partial charge on any atom is 0.497 e. The van der Waals surface area contributed by atoms with Crippen LogP contribution < -0.4 is 0 Å². The zero-order chi connectivity index (χ0) is 16.6. The van der Waals surface area contributed by atoms with E-state index >= 15 is 0 Å². The topological polar surface area (TPSA) is 55.4 Å². The highest BCUT2D eigenvalue weighted by molar-refractivity contribution is 6.59. The van der Waals surface area contributed by atoms with E-state index in [1.807, 2.05) is 48.1 Å². The van der Waals surface area contributed by atoms with Crippen molar-refractivity contribution in [2.24, 2.45) is 0 Å². The first kappa shape index (κ1) is 23.5. The van der Waals surface area contributed by atoms with E-state index in [0.717, 1.165) is 0 Å². The molecule has 0 aromatic carbocycles. The molecule has 0 spiro atoms. The molecule has 0 unspecified atom stereocenters. The highest BCUT2D eigenvalue weighted by Crippen LogP contribution is 2.08. The van der Waals surface area contributed by atoms with Crippen LogP contribution in [0.3, 0.4) is 0 Å². The first-order chi connectivity index (χ1) is 10.0. The second-order valence-electron chi connectivity index (χ2n) is 3.82. The highest BCUT2D eigenvalue weighted by Gasteiger charge is 2.32. The van der Waals surface area contributed by atoms with E-state index in [9.17, 15) is 0 Å². The van der Waals surface area contributed by atoms with Gasteiger partial charge in [-0.3, -0.25) is 0 Å². The lowest BCUT2D eigenvalue weighted by Crippen LogP contribution is -2.42. The van der Waals surface area contributed by atoms with Gasteiger partial charge in [-0.15, -0.1) is 0 Å². The number of hydrogen-bond acceptors (Lipinski definition) is 6. The zero-order valence-corrected chi connectivity index (χ0v) is 16.9. The van der Waals surface area contributed by atoms with E-state index in [1.54, 1.807) is 0 Å². The molecular weight excluding hydrogens is 308 g/mol. The van der Waals surface area contributed by atoms with Crippen LogP contribution in [0.1, 0.15) is 41.5 Å². The molecule has 0 heterocycles. The van der Waals surface area contributed by atoms with E-state index < -0.39 is 18.3 Å². The third kappa shape index (κ3) is 14.9. The van der Waals surface area contributed by atoms with Crippen molar-refractivity contribution in [2.45, 2.75) is 48.1 Å². The minimum atomic E-state index is -2.25. The molecule has 0 rings (SSSR count). The van der Waals surface area contributed by atoms with Crippen molar-refractivity contribution in [2.75, 3.05) is 39.6 Å². The van der Waals surface area contributed by atoms with Crippen LogP contribution in [0.2, 0.25) is 6.55 Å². The van der Waals surface area contributed by atoms with Crippen LogP contribution in [0.25, 0.3) is 0 Å². The molecule has 0 bridgehead atoms. The van der Waals surface area contributed by atoms with Crippen molar-refractivity contribution < 1.29 is 26.6 Å². The fourth-order valence-electron chi connectivity index (χ4n) is 1.46. The van der Waals surface area contributed by atoms with Crippen LogP contribution >= 0.6 is 0 Å². The Morgan fingerprint density at radius 3 is 1.05 bits per heavy atom. The van der Waals surface area contributed by atoms with Gasteiger partial charge in [0.2, 0.25) is 0 Å². The zero-order valence-electron chi connectivity index (χ0n) is 14.8. The predicted octanol–water partition coefficient (Wildman–Crippen LogP) is 2.48. The molecule has 21 heavy (non-hydrogen) atoms. The fraction of sp³-hybridized carbons (Fsp3) is 1.00. The second kappa shape index (κ2) is 16.6. The standard InChI is InChI=1S/C7H18O3Si.C6H16O3Si/c1-5-8-11(4,9-6-2)10-7-3;1-4-7-10(8-5-2)9-6-3/h5-7H2,1-4H3;10H,4-6H2,1-3H3. The molecule has 8 heteroatoms. The molecule has 0 fully saturated rings. The monoisotopic (exact) mass is 342 g/mol. The number of hydrogen-bond donors (Lipinski definition) is 0. The molecule has 0 aromatic heterocycles. The molecule has 0 aliphatic heterocycles. The van der Waals surface area contributed by atoms with Gasteiger partial charge in [-0.1, -0.05) is 0 Å². The summed E-state index contributed by atoms with van der Waals surface area (Å²) in [6, 6.07) is 0. The van der Waals surface area contributed by atoms with Crippen LogP contribution in [-0.4, -0.2) is 58.0 Å². The molecule has 0 N–H and O–H groups in total. The van der Waals surface area contributed by atoms with Gasteiger partial charge in [0.1, 0.15) is 0 Å². The maximum atomic E-state index is 5.40. The summed E-state index contributed by atoms with van der Waals surface area (Å²) in [4.78, 5) is 0. The minimum Gasteiger partial charge on any atom is -0.376 e. The van der Waals surface area contributed by atoms with Crippen molar-refractivity contribution in [3.05, 3.63) is 0 Å². The summed E-state index contributed by atoms with van der Waals surface area (Å²) in [6.07, 6.45) is 0. The molecule has 0 amide bonds. The third-order valence-corrected chi connectivity index (χ3v) is 6.38. The first-order valence-corrected chi connectivity index (χ1v) is 11.4. The van der Waals surface area contributed by atoms with E-state index in [4.69, 9.17) is 26.6 Å². The van der Waals surface area contributed by atoms with Gasteiger partial charge in [0.05, 0.1) is 0 Å². The Bertz CT molecular complexity index is 178. The average Bonchev–Trinajstić information content (AvgIpc) is 2.41. The van der Waals surface area contributed by atoms with Gasteiger partial charge in [-0.05, 0) is 41.5 Å². The molecule has 130 valence electrons. The van der Waals surface area contributed by atoms with Crippen LogP contribution in [-0.2, 0) is 26.6 Å². The van der Waals surface area contributed by atoms with E-state index in [0.29, 0.717) is 39.6 Å². The van der Waals surface area contributed by atoms with Gasteiger partial charge in [0.25, 0.3) is 0 Å². The lowest BCUT2D eigenvalue weighted by molar-refractivity contribution is 0.0783. The molecule has 0 atom stereocenters. The van der Waals surface area contributed by atoms with Crippen molar-refractivity contribution in [3.8, 4) is 0 Å². The normalized spacial score (nSPS) is 11.4. The SMILES string of the molecule is CCO[SiH](OCC)OCC.CCO[Si](C)(OCC)OCC. The summed E-state index contributed by atoms with van der Waals surface area (Å²) in [5, 5.41) is 0. The minimum absolute atomic E-state index is 0.655. The molecule has 0 aliphatic carbocycles. The Hall–Kier alpha value is 0.194. The summed E-state index contributed by atoms with van der Waals surface area (Å²) in [6.45, 7) is 17.6. The molecular formula is C13H34O6Si2. The predicted molar refractivity (Wildman–Crippen MR) is 88.5 cm³/mol. The van der Waals surface area contributed by atoms with Gasteiger partial charge in [-0.2, -0.15) is 0 Å². The van der Waals surface area contributed by atoms with Crippen LogP contribution in [0.15, 0.2) is 0 Å². The molecule has 6 nitrogen and oxygen atoms in total. The smallest absolute Gasteiger partial charge is 0.376 e. The molecule has 0 radical (unpaired) electrons. The lowest BCUT2D eigenvalue weighted by Gasteiger charge is -2.23. The molecule has 0 aromatic rings. The summed E-state index contributed by atoms with van der Waals surface area (Å²) >= 11 is 0. The quantitative estimate of drug-likeness (QED) is 0.508. The highest BCUT2D eigenvalue weighted by atomic mass is 28.4. The van der Waals surface area contributed by atoms with Crippen LogP contribution in [0.5, 0.6) is 0 Å². The Labute approximate surface area is 133 Å². The molecule has 0 saturated carbocycles. The Morgan fingerprint density at radius 1 is 0.571 bits per heavy atom. The van der Waals surface area contributed by atoms with Crippen molar-refractivity contribution in [3.63, 3.8) is 0 Å². The van der Waals surface area contributed by atoms with Crippen molar-refractivity contribution >= 4 is 18.3 Å². The fourth-order valence-corrected chi connectivity index (χ4v) is 4.39. The summed E-state index contributed by atoms with van der Waals surface area (Å²) in [5.41, 5.74) is 0. The van der Waals surface area contributed by atoms with Gasteiger partial charge < -0.3 is 26.6 Å². The van der Waals surface area contributed by atoms with E-state index in [-0.39, 0.29) is 0 Å². The average molecular weight is 343 g/mol. The largest absolute Gasteiger partial charge is 0.497 e. The van der Waals surface area contributed by atoms with Crippen molar-refractivity contribution in [1.29, 1.82) is 0 Å². The summed E-state index contributed by atoms with van der Waals surface area (Å²) in [7, 11) is -3.98.